The number of β-lactam (4-membered cyclic amide) rings is 1. The van der Waals surface area contributed by atoms with E-state index in [1.807, 2.05) is 20.2 Å². The van der Waals surface area contributed by atoms with E-state index in [4.69, 9.17) is 0 Å². The van der Waals surface area contributed by atoms with E-state index < -0.39 is 22.8 Å². The van der Waals surface area contributed by atoms with Gasteiger partial charge in [0, 0.05) is 17.8 Å². The number of hydrogen-bond acceptors (Lipinski definition) is 4. The van der Waals surface area contributed by atoms with Crippen LogP contribution in [-0.4, -0.2) is 68.4 Å². The fourth-order valence-corrected chi connectivity index (χ4v) is 5.13. The molecule has 3 aliphatic rings. The number of nitrogens with zero attached hydrogens (tertiary/aromatic N) is 3. The predicted molar refractivity (Wildman–Crippen MR) is 86.0 cm³/mol. The van der Waals surface area contributed by atoms with E-state index in [9.17, 15) is 14.7 Å². The maximum Gasteiger partial charge on any atom is 0.327 e. The first-order valence-electron chi connectivity index (χ1n) is 7.92. The van der Waals surface area contributed by atoms with E-state index in [2.05, 4.69) is 9.89 Å². The second-order valence-corrected chi connectivity index (χ2v) is 8.53. The molecule has 122 valence electrons. The van der Waals surface area contributed by atoms with Gasteiger partial charge in [-0.05, 0) is 26.7 Å². The molecule has 3 rings (SSSR count). The summed E-state index contributed by atoms with van der Waals surface area (Å²) in [4.78, 5) is 31.9. The van der Waals surface area contributed by atoms with Crippen LogP contribution in [0.2, 0.25) is 0 Å². The fourth-order valence-electron chi connectivity index (χ4n) is 3.51. The largest absolute Gasteiger partial charge is 0.480 e. The molecule has 7 heteroatoms. The standard InChI is InChI=1S/C15H23N3O3S/c1-15(2)11(14(20)21)18-12(19)10(13(18)22-15)16-9-17-7-5-3-4-6-8-17/h9-11,13H,3-8H2,1-2H3,(H,20,21)/t10?,11-,13+/m0/s1. The molecule has 3 aliphatic heterocycles. The number of rotatable bonds is 3. The molecule has 0 aliphatic carbocycles. The summed E-state index contributed by atoms with van der Waals surface area (Å²) < 4.78 is -0.473. The molecule has 0 saturated carbocycles. The molecule has 3 heterocycles. The first kappa shape index (κ1) is 15.6. The number of aliphatic imine (C=N–C) groups is 1. The van der Waals surface area contributed by atoms with Crippen LogP contribution in [0.4, 0.5) is 0 Å². The topological polar surface area (TPSA) is 73.2 Å². The first-order chi connectivity index (χ1) is 10.4. The van der Waals surface area contributed by atoms with Crippen molar-refractivity contribution >= 4 is 30.0 Å². The van der Waals surface area contributed by atoms with Crippen molar-refractivity contribution in [3.8, 4) is 0 Å². The van der Waals surface area contributed by atoms with E-state index in [0.717, 1.165) is 13.1 Å². The molecule has 0 bridgehead atoms. The summed E-state index contributed by atoms with van der Waals surface area (Å²) in [7, 11) is 0. The van der Waals surface area contributed by atoms with Gasteiger partial charge in [0.1, 0.15) is 11.4 Å². The van der Waals surface area contributed by atoms with Crippen molar-refractivity contribution in [2.75, 3.05) is 13.1 Å². The lowest BCUT2D eigenvalue weighted by Crippen LogP contribution is -2.65. The summed E-state index contributed by atoms with van der Waals surface area (Å²) >= 11 is 1.55. The number of carbonyl (C=O) groups excluding carboxylic acids is 1. The number of thioether (sulfide) groups is 1. The van der Waals surface area contributed by atoms with Crippen LogP contribution in [0.15, 0.2) is 4.99 Å². The Labute approximate surface area is 134 Å². The third-order valence-corrected chi connectivity index (χ3v) is 6.24. The highest BCUT2D eigenvalue weighted by molar-refractivity contribution is 8.01. The molecular formula is C15H23N3O3S. The molecule has 22 heavy (non-hydrogen) atoms. The zero-order valence-electron chi connectivity index (χ0n) is 13.1. The lowest BCUT2D eigenvalue weighted by molar-refractivity contribution is -0.158. The monoisotopic (exact) mass is 325 g/mol. The molecule has 0 aromatic heterocycles. The maximum atomic E-state index is 12.3. The molecule has 0 spiro atoms. The normalized spacial score (nSPS) is 34.5. The van der Waals surface area contributed by atoms with Crippen LogP contribution in [-0.2, 0) is 9.59 Å². The van der Waals surface area contributed by atoms with Gasteiger partial charge in [0.05, 0.1) is 6.34 Å². The molecular weight excluding hydrogens is 302 g/mol. The molecule has 1 N–H and O–H groups in total. The summed E-state index contributed by atoms with van der Waals surface area (Å²) in [5, 5.41) is 9.25. The third kappa shape index (κ3) is 2.59. The number of hydrogen-bond donors (Lipinski definition) is 1. The smallest absolute Gasteiger partial charge is 0.327 e. The number of carbonyl (C=O) groups is 2. The molecule has 1 unspecified atom stereocenters. The van der Waals surface area contributed by atoms with Crippen LogP contribution >= 0.6 is 11.8 Å². The molecule has 0 aromatic rings. The number of carboxylic acid groups (broad SMARTS) is 1. The number of amides is 1. The minimum absolute atomic E-state index is 0.133. The van der Waals surface area contributed by atoms with E-state index in [1.54, 1.807) is 11.8 Å². The van der Waals surface area contributed by atoms with Crippen LogP contribution in [0.25, 0.3) is 0 Å². The number of likely N-dealkylation sites (tertiary alicyclic amines) is 1. The first-order valence-corrected chi connectivity index (χ1v) is 8.80. The minimum Gasteiger partial charge on any atom is -0.480 e. The van der Waals surface area contributed by atoms with Crippen LogP contribution in [0.1, 0.15) is 39.5 Å². The van der Waals surface area contributed by atoms with Crippen molar-refractivity contribution in [2.24, 2.45) is 4.99 Å². The van der Waals surface area contributed by atoms with Crippen molar-refractivity contribution in [1.82, 2.24) is 9.80 Å². The maximum absolute atomic E-state index is 12.3. The Morgan fingerprint density at radius 3 is 2.55 bits per heavy atom. The van der Waals surface area contributed by atoms with Crippen LogP contribution in [0, 0.1) is 0 Å². The summed E-state index contributed by atoms with van der Waals surface area (Å²) in [6, 6.07) is -1.17. The Hall–Kier alpha value is -1.24. The SMILES string of the molecule is CC1(C)S[C@@H]2C(N=CN3CCCCCC3)C(=O)N2[C@H]1C(=O)O. The average Bonchev–Trinajstić information content (AvgIpc) is 2.60. The van der Waals surface area contributed by atoms with Gasteiger partial charge in [-0.25, -0.2) is 4.79 Å². The Morgan fingerprint density at radius 1 is 1.32 bits per heavy atom. The number of carboxylic acids is 1. The predicted octanol–water partition coefficient (Wildman–Crippen LogP) is 1.41. The summed E-state index contributed by atoms with van der Waals surface area (Å²) in [6.45, 7) is 5.76. The van der Waals surface area contributed by atoms with E-state index in [1.165, 1.54) is 30.6 Å². The second-order valence-electron chi connectivity index (χ2n) is 6.76. The minimum atomic E-state index is -0.928. The molecule has 3 atom stereocenters. The van der Waals surface area contributed by atoms with Gasteiger partial charge in [-0.2, -0.15) is 0 Å². The van der Waals surface area contributed by atoms with Gasteiger partial charge in [0.25, 0.3) is 5.91 Å². The lowest BCUT2D eigenvalue weighted by atomic mass is 9.96. The van der Waals surface area contributed by atoms with Crippen molar-refractivity contribution in [3.05, 3.63) is 0 Å². The van der Waals surface area contributed by atoms with Crippen molar-refractivity contribution in [3.63, 3.8) is 0 Å². The number of fused-ring (bicyclic) bond motifs is 1. The highest BCUT2D eigenvalue weighted by Gasteiger charge is 2.63. The summed E-state index contributed by atoms with van der Waals surface area (Å²) in [5.41, 5.74) is 0. The van der Waals surface area contributed by atoms with Crippen LogP contribution < -0.4 is 0 Å². The Morgan fingerprint density at radius 2 is 1.95 bits per heavy atom. The quantitative estimate of drug-likeness (QED) is 0.482. The van der Waals surface area contributed by atoms with Gasteiger partial charge >= 0.3 is 5.97 Å². The lowest BCUT2D eigenvalue weighted by Gasteiger charge is -2.41. The van der Waals surface area contributed by atoms with Gasteiger partial charge in [0.2, 0.25) is 0 Å². The van der Waals surface area contributed by atoms with Crippen molar-refractivity contribution < 1.29 is 14.7 Å². The Balaban J connectivity index is 1.68. The molecule has 1 amide bonds. The van der Waals surface area contributed by atoms with Crippen LogP contribution in [0.3, 0.4) is 0 Å². The van der Waals surface area contributed by atoms with E-state index in [-0.39, 0.29) is 11.3 Å². The molecule has 0 radical (unpaired) electrons. The van der Waals surface area contributed by atoms with Gasteiger partial charge in [-0.3, -0.25) is 9.79 Å². The molecule has 0 aromatic carbocycles. The van der Waals surface area contributed by atoms with Crippen molar-refractivity contribution in [2.45, 2.75) is 61.7 Å². The van der Waals surface area contributed by atoms with Gasteiger partial charge < -0.3 is 14.9 Å². The average molecular weight is 325 g/mol. The summed E-state index contributed by atoms with van der Waals surface area (Å²) in [6.07, 6.45) is 6.67. The van der Waals surface area contributed by atoms with Gasteiger partial charge in [-0.15, -0.1) is 11.8 Å². The molecule has 3 saturated heterocycles. The van der Waals surface area contributed by atoms with Gasteiger partial charge in [-0.1, -0.05) is 12.8 Å². The highest BCUT2D eigenvalue weighted by atomic mass is 32.2. The van der Waals surface area contributed by atoms with Crippen molar-refractivity contribution in [1.29, 1.82) is 0 Å². The van der Waals surface area contributed by atoms with Crippen LogP contribution in [0.5, 0.6) is 0 Å². The Kier molecular flexibility index (Phi) is 4.09. The highest BCUT2D eigenvalue weighted by Crippen LogP contribution is 2.51. The van der Waals surface area contributed by atoms with E-state index in [0.29, 0.717) is 0 Å². The van der Waals surface area contributed by atoms with E-state index >= 15 is 0 Å². The van der Waals surface area contributed by atoms with Gasteiger partial charge in [0.15, 0.2) is 6.04 Å². The zero-order valence-corrected chi connectivity index (χ0v) is 13.9. The Bertz CT molecular complexity index is 500. The molecule has 3 fully saturated rings. The molecule has 6 nitrogen and oxygen atoms in total. The fraction of sp³-hybridized carbons (Fsp3) is 0.800. The second kappa shape index (κ2) is 5.76. The summed E-state index contributed by atoms with van der Waals surface area (Å²) in [5.74, 6) is -1.08. The zero-order chi connectivity index (χ0) is 15.9. The number of aliphatic carboxylic acids is 1. The third-order valence-electron chi connectivity index (χ3n) is 4.68.